The van der Waals surface area contributed by atoms with E-state index in [0.29, 0.717) is 27.9 Å². The number of nitro groups is 1. The van der Waals surface area contributed by atoms with Gasteiger partial charge in [0.15, 0.2) is 5.16 Å². The highest BCUT2D eigenvalue weighted by Crippen LogP contribution is 2.49. The molecule has 1 N–H and O–H groups in total. The van der Waals surface area contributed by atoms with Crippen LogP contribution in [-0.2, 0) is 4.79 Å². The number of methoxy groups -OCH3 is 1. The van der Waals surface area contributed by atoms with Crippen LogP contribution in [0, 0.1) is 27.9 Å². The first-order valence-corrected chi connectivity index (χ1v) is 12.7. The Labute approximate surface area is 202 Å². The van der Waals surface area contributed by atoms with Gasteiger partial charge in [0, 0.05) is 18.2 Å². The SMILES string of the molecule is COc1ccccc1-n1c(SCC(=O)N[C@@H](C)[C@@H]2C[C@H]3CC[C@H]2C3)nc2cc([N+](=O)[O-])ccc21. The van der Waals surface area contributed by atoms with Crippen molar-refractivity contribution in [3.8, 4) is 11.4 Å². The second-order valence-electron chi connectivity index (χ2n) is 9.32. The first-order chi connectivity index (χ1) is 16.4. The Morgan fingerprint density at radius 3 is 2.82 bits per heavy atom. The number of thioether (sulfide) groups is 1. The summed E-state index contributed by atoms with van der Waals surface area (Å²) in [6.45, 7) is 2.12. The smallest absolute Gasteiger partial charge is 0.271 e. The highest BCUT2D eigenvalue weighted by molar-refractivity contribution is 7.99. The summed E-state index contributed by atoms with van der Waals surface area (Å²) in [7, 11) is 1.60. The Hall–Kier alpha value is -3.07. The summed E-state index contributed by atoms with van der Waals surface area (Å²) in [6.07, 6.45) is 5.17. The predicted octanol–water partition coefficient (Wildman–Crippen LogP) is 4.98. The molecule has 2 bridgehead atoms. The lowest BCUT2D eigenvalue weighted by molar-refractivity contribution is -0.384. The van der Waals surface area contributed by atoms with E-state index in [4.69, 9.17) is 4.74 Å². The molecule has 1 amide bonds. The minimum atomic E-state index is -0.432. The van der Waals surface area contributed by atoms with Gasteiger partial charge in [-0.15, -0.1) is 0 Å². The Balaban J connectivity index is 1.39. The number of imidazole rings is 1. The fraction of sp³-hybridized carbons (Fsp3) is 0.440. The third kappa shape index (κ3) is 4.24. The number of carbonyl (C=O) groups excluding carboxylic acids is 1. The van der Waals surface area contributed by atoms with Gasteiger partial charge >= 0.3 is 0 Å². The van der Waals surface area contributed by atoms with Crippen molar-refractivity contribution in [1.82, 2.24) is 14.9 Å². The molecule has 0 unspecified atom stereocenters. The number of carbonyl (C=O) groups is 1. The van der Waals surface area contributed by atoms with Crippen LogP contribution in [0.4, 0.5) is 5.69 Å². The minimum absolute atomic E-state index is 0.0221. The van der Waals surface area contributed by atoms with Crippen LogP contribution in [0.15, 0.2) is 47.6 Å². The largest absolute Gasteiger partial charge is 0.495 e. The third-order valence-corrected chi connectivity index (χ3v) is 8.24. The van der Waals surface area contributed by atoms with E-state index in [1.807, 2.05) is 28.8 Å². The van der Waals surface area contributed by atoms with E-state index >= 15 is 0 Å². The van der Waals surface area contributed by atoms with Crippen molar-refractivity contribution in [3.63, 3.8) is 0 Å². The molecule has 2 aliphatic rings. The minimum Gasteiger partial charge on any atom is -0.495 e. The lowest BCUT2D eigenvalue weighted by atomic mass is 9.84. The van der Waals surface area contributed by atoms with Crippen LogP contribution in [-0.4, -0.2) is 39.3 Å². The molecule has 5 rings (SSSR count). The van der Waals surface area contributed by atoms with Crippen molar-refractivity contribution in [3.05, 3.63) is 52.6 Å². The number of nitrogens with one attached hydrogen (secondary N) is 1. The van der Waals surface area contributed by atoms with Crippen molar-refractivity contribution in [1.29, 1.82) is 0 Å². The number of non-ortho nitro benzene ring substituents is 1. The summed E-state index contributed by atoms with van der Waals surface area (Å²) in [6, 6.07) is 12.3. The van der Waals surface area contributed by atoms with E-state index in [1.165, 1.54) is 49.6 Å². The maximum atomic E-state index is 12.8. The molecule has 4 atom stereocenters. The second kappa shape index (κ2) is 9.29. The molecular weight excluding hydrogens is 452 g/mol. The van der Waals surface area contributed by atoms with Gasteiger partial charge in [-0.2, -0.15) is 0 Å². The number of benzene rings is 2. The Morgan fingerprint density at radius 2 is 2.12 bits per heavy atom. The predicted molar refractivity (Wildman–Crippen MR) is 132 cm³/mol. The van der Waals surface area contributed by atoms with Crippen LogP contribution >= 0.6 is 11.8 Å². The van der Waals surface area contributed by atoms with Crippen molar-refractivity contribution >= 4 is 34.4 Å². The van der Waals surface area contributed by atoms with E-state index < -0.39 is 4.92 Å². The van der Waals surface area contributed by atoms with Crippen LogP contribution in [0.5, 0.6) is 5.75 Å². The first kappa shape index (κ1) is 22.7. The standard InChI is InChI=1S/C25H28N4O4S/c1-15(19-12-16-7-8-17(19)11-16)26-24(30)14-34-25-27-20-13-18(29(31)32)9-10-21(20)28(25)22-5-3-4-6-23(22)33-2/h3-6,9-10,13,15-17,19H,7-8,11-12,14H2,1-2H3,(H,26,30)/t15-,16-,17-,19-/m0/s1. The van der Waals surface area contributed by atoms with Gasteiger partial charge in [-0.05, 0) is 62.1 Å². The number of aromatic nitrogens is 2. The number of ether oxygens (including phenoxy) is 1. The normalized spacial score (nSPS) is 22.1. The van der Waals surface area contributed by atoms with Gasteiger partial charge in [-0.3, -0.25) is 19.5 Å². The summed E-state index contributed by atoms with van der Waals surface area (Å²) in [5.74, 6) is 3.01. The summed E-state index contributed by atoms with van der Waals surface area (Å²) in [4.78, 5) is 28.3. The Morgan fingerprint density at radius 1 is 1.29 bits per heavy atom. The molecule has 0 aliphatic heterocycles. The molecule has 1 aromatic heterocycles. The van der Waals surface area contributed by atoms with Gasteiger partial charge in [0.05, 0.1) is 34.5 Å². The van der Waals surface area contributed by atoms with E-state index in [2.05, 4.69) is 17.2 Å². The van der Waals surface area contributed by atoms with Gasteiger partial charge in [0.1, 0.15) is 5.75 Å². The number of amides is 1. The Kier molecular flexibility index (Phi) is 6.20. The molecular formula is C25H28N4O4S. The van der Waals surface area contributed by atoms with Crippen LogP contribution in [0.25, 0.3) is 16.7 Å². The van der Waals surface area contributed by atoms with Crippen molar-refractivity contribution < 1.29 is 14.5 Å². The molecule has 34 heavy (non-hydrogen) atoms. The number of nitrogens with zero attached hydrogens (tertiary/aromatic N) is 3. The molecule has 2 fully saturated rings. The quantitative estimate of drug-likeness (QED) is 0.277. The number of rotatable bonds is 8. The zero-order valence-corrected chi connectivity index (χ0v) is 20.1. The lowest BCUT2D eigenvalue weighted by Crippen LogP contribution is -2.40. The Bertz CT molecular complexity index is 1240. The van der Waals surface area contributed by atoms with Gasteiger partial charge in [0.2, 0.25) is 5.91 Å². The highest BCUT2D eigenvalue weighted by Gasteiger charge is 2.42. The molecule has 1 heterocycles. The van der Waals surface area contributed by atoms with E-state index in [1.54, 1.807) is 13.2 Å². The molecule has 178 valence electrons. The average molecular weight is 481 g/mol. The third-order valence-electron chi connectivity index (χ3n) is 7.30. The second-order valence-corrected chi connectivity index (χ2v) is 10.3. The molecule has 0 saturated heterocycles. The van der Waals surface area contributed by atoms with E-state index in [0.717, 1.165) is 17.5 Å². The molecule has 9 heteroatoms. The maximum absolute atomic E-state index is 12.8. The lowest BCUT2D eigenvalue weighted by Gasteiger charge is -2.28. The first-order valence-electron chi connectivity index (χ1n) is 11.7. The zero-order valence-electron chi connectivity index (χ0n) is 19.3. The fourth-order valence-electron chi connectivity index (χ4n) is 5.74. The molecule has 2 saturated carbocycles. The van der Waals surface area contributed by atoms with Crippen LogP contribution in [0.1, 0.15) is 32.6 Å². The van der Waals surface area contributed by atoms with Crippen LogP contribution < -0.4 is 10.1 Å². The maximum Gasteiger partial charge on any atom is 0.271 e. The van der Waals surface area contributed by atoms with Crippen LogP contribution in [0.2, 0.25) is 0 Å². The average Bonchev–Trinajstić information content (AvgIpc) is 3.56. The summed E-state index contributed by atoms with van der Waals surface area (Å²) < 4.78 is 7.45. The molecule has 2 aromatic carbocycles. The summed E-state index contributed by atoms with van der Waals surface area (Å²) in [5.41, 5.74) is 1.96. The van der Waals surface area contributed by atoms with E-state index in [-0.39, 0.29) is 23.4 Å². The molecule has 2 aliphatic carbocycles. The van der Waals surface area contributed by atoms with Gasteiger partial charge < -0.3 is 10.1 Å². The van der Waals surface area contributed by atoms with Crippen molar-refractivity contribution in [2.45, 2.75) is 43.8 Å². The number of hydrogen-bond acceptors (Lipinski definition) is 6. The number of nitro benzene ring substituents is 1. The van der Waals surface area contributed by atoms with Gasteiger partial charge in [-0.25, -0.2) is 4.98 Å². The molecule has 0 spiro atoms. The molecule has 0 radical (unpaired) electrons. The monoisotopic (exact) mass is 480 g/mol. The molecule has 3 aromatic rings. The van der Waals surface area contributed by atoms with Gasteiger partial charge in [-0.1, -0.05) is 30.3 Å². The van der Waals surface area contributed by atoms with Crippen molar-refractivity contribution in [2.75, 3.05) is 12.9 Å². The number of para-hydroxylation sites is 2. The van der Waals surface area contributed by atoms with Gasteiger partial charge in [0.25, 0.3) is 5.69 Å². The number of hydrogen-bond donors (Lipinski definition) is 1. The topological polar surface area (TPSA) is 99.3 Å². The van der Waals surface area contributed by atoms with Crippen molar-refractivity contribution in [2.24, 2.45) is 17.8 Å². The fourth-order valence-corrected chi connectivity index (χ4v) is 6.58. The summed E-state index contributed by atoms with van der Waals surface area (Å²) in [5, 5.41) is 15.1. The van der Waals surface area contributed by atoms with Crippen LogP contribution in [0.3, 0.4) is 0 Å². The highest BCUT2D eigenvalue weighted by atomic mass is 32.2. The number of fused-ring (bicyclic) bond motifs is 3. The summed E-state index contributed by atoms with van der Waals surface area (Å²) >= 11 is 1.32. The van der Waals surface area contributed by atoms with E-state index in [9.17, 15) is 14.9 Å². The zero-order chi connectivity index (χ0) is 23.8. The molecule has 8 nitrogen and oxygen atoms in total.